The lowest BCUT2D eigenvalue weighted by molar-refractivity contribution is 0.0955. The highest BCUT2D eigenvalue weighted by Crippen LogP contribution is 2.44. The van der Waals surface area contributed by atoms with E-state index in [9.17, 15) is 4.79 Å². The molecule has 3 aromatic rings. The third kappa shape index (κ3) is 4.72. The molecule has 5 nitrogen and oxygen atoms in total. The molecule has 5 heteroatoms. The van der Waals surface area contributed by atoms with Crippen molar-refractivity contribution in [2.75, 3.05) is 11.4 Å². The zero-order chi connectivity index (χ0) is 23.6. The van der Waals surface area contributed by atoms with E-state index >= 15 is 0 Å². The molecule has 0 radical (unpaired) electrons. The summed E-state index contributed by atoms with van der Waals surface area (Å²) in [4.78, 5) is 15.2. The highest BCUT2D eigenvalue weighted by atomic mass is 16.2. The molecule has 2 heterocycles. The van der Waals surface area contributed by atoms with Gasteiger partial charge < -0.3 is 9.47 Å². The average Bonchev–Trinajstić information content (AvgIpc) is 3.32. The Bertz CT molecular complexity index is 1160. The normalized spacial score (nSPS) is 17.2. The SMILES string of the molecule is CCCN1c2cc(C)c(/C=N/NC(=O)c3cccc(-n4cccc4)c3)cc2C(C)CC1(C)C. The lowest BCUT2D eigenvalue weighted by atomic mass is 9.79. The van der Waals surface area contributed by atoms with Gasteiger partial charge in [0, 0.05) is 41.4 Å². The molecule has 0 spiro atoms. The molecule has 1 amide bonds. The number of carbonyl (C=O) groups is 1. The zero-order valence-electron chi connectivity index (χ0n) is 20.3. The summed E-state index contributed by atoms with van der Waals surface area (Å²) in [6.45, 7) is 12.4. The van der Waals surface area contributed by atoms with Gasteiger partial charge in [0.1, 0.15) is 0 Å². The van der Waals surface area contributed by atoms with Crippen molar-refractivity contribution in [3.8, 4) is 5.69 Å². The molecule has 1 N–H and O–H groups in total. The Kier molecular flexibility index (Phi) is 6.41. The van der Waals surface area contributed by atoms with E-state index in [1.807, 2.05) is 47.3 Å². The molecule has 0 bridgehead atoms. The lowest BCUT2D eigenvalue weighted by Gasteiger charge is -2.48. The molecule has 1 aliphatic rings. The maximum Gasteiger partial charge on any atom is 0.271 e. The summed E-state index contributed by atoms with van der Waals surface area (Å²) >= 11 is 0. The predicted octanol–water partition coefficient (Wildman–Crippen LogP) is 6.05. The van der Waals surface area contributed by atoms with E-state index in [2.05, 4.69) is 62.2 Å². The highest BCUT2D eigenvalue weighted by molar-refractivity contribution is 5.95. The van der Waals surface area contributed by atoms with Crippen LogP contribution in [0.15, 0.2) is 66.0 Å². The van der Waals surface area contributed by atoms with Crippen molar-refractivity contribution >= 4 is 17.8 Å². The fraction of sp³-hybridized carbons (Fsp3) is 0.357. The Hall–Kier alpha value is -3.34. The number of nitrogens with zero attached hydrogens (tertiary/aromatic N) is 3. The molecule has 2 aromatic carbocycles. The Morgan fingerprint density at radius 2 is 1.94 bits per heavy atom. The van der Waals surface area contributed by atoms with Gasteiger partial charge in [-0.2, -0.15) is 5.10 Å². The number of carbonyl (C=O) groups excluding carboxylic acids is 1. The molecule has 1 atom stereocenters. The number of amides is 1. The van der Waals surface area contributed by atoms with Crippen molar-refractivity contribution in [1.82, 2.24) is 9.99 Å². The Balaban J connectivity index is 1.53. The molecule has 0 saturated heterocycles. The van der Waals surface area contributed by atoms with Crippen LogP contribution in [0.4, 0.5) is 5.69 Å². The second kappa shape index (κ2) is 9.26. The minimum Gasteiger partial charge on any atom is -0.366 e. The predicted molar refractivity (Wildman–Crippen MR) is 137 cm³/mol. The molecular formula is C28H34N4O. The summed E-state index contributed by atoms with van der Waals surface area (Å²) in [5, 5.41) is 4.28. The number of hydrogen-bond acceptors (Lipinski definition) is 3. The van der Waals surface area contributed by atoms with E-state index in [0.717, 1.165) is 36.2 Å². The van der Waals surface area contributed by atoms with Gasteiger partial charge in [-0.3, -0.25) is 4.79 Å². The number of fused-ring (bicyclic) bond motifs is 1. The van der Waals surface area contributed by atoms with Crippen LogP contribution in [0.2, 0.25) is 0 Å². The van der Waals surface area contributed by atoms with Crippen LogP contribution < -0.4 is 10.3 Å². The van der Waals surface area contributed by atoms with E-state index in [1.165, 1.54) is 11.3 Å². The topological polar surface area (TPSA) is 49.6 Å². The summed E-state index contributed by atoms with van der Waals surface area (Å²) in [6.07, 6.45) is 7.92. The van der Waals surface area contributed by atoms with Crippen molar-refractivity contribution in [1.29, 1.82) is 0 Å². The Morgan fingerprint density at radius 3 is 2.67 bits per heavy atom. The Morgan fingerprint density at radius 1 is 1.18 bits per heavy atom. The number of rotatable bonds is 6. The van der Waals surface area contributed by atoms with Crippen molar-refractivity contribution in [2.45, 2.75) is 58.9 Å². The van der Waals surface area contributed by atoms with Gasteiger partial charge in [-0.1, -0.05) is 19.9 Å². The molecule has 1 aliphatic heterocycles. The number of aryl methyl sites for hydroxylation is 1. The van der Waals surface area contributed by atoms with Crippen LogP contribution in [0.3, 0.4) is 0 Å². The summed E-state index contributed by atoms with van der Waals surface area (Å²) in [6, 6.07) is 16.0. The van der Waals surface area contributed by atoms with Gasteiger partial charge in [0.25, 0.3) is 5.91 Å². The first-order chi connectivity index (χ1) is 15.8. The van der Waals surface area contributed by atoms with Crippen molar-refractivity contribution in [3.63, 3.8) is 0 Å². The molecule has 0 saturated carbocycles. The first kappa shape index (κ1) is 22.8. The van der Waals surface area contributed by atoms with E-state index in [4.69, 9.17) is 0 Å². The van der Waals surface area contributed by atoms with Crippen LogP contribution in [-0.4, -0.2) is 28.8 Å². The van der Waals surface area contributed by atoms with Crippen LogP contribution in [0, 0.1) is 6.92 Å². The third-order valence-electron chi connectivity index (χ3n) is 6.60. The van der Waals surface area contributed by atoms with Gasteiger partial charge in [0.15, 0.2) is 0 Å². The zero-order valence-corrected chi connectivity index (χ0v) is 20.3. The molecular weight excluding hydrogens is 408 g/mol. The number of nitrogens with one attached hydrogen (secondary N) is 1. The highest BCUT2D eigenvalue weighted by Gasteiger charge is 2.36. The summed E-state index contributed by atoms with van der Waals surface area (Å²) < 4.78 is 1.97. The van der Waals surface area contributed by atoms with Crippen molar-refractivity contribution in [3.05, 3.63) is 83.2 Å². The van der Waals surface area contributed by atoms with Crippen LogP contribution in [0.5, 0.6) is 0 Å². The number of hydrogen-bond donors (Lipinski definition) is 1. The monoisotopic (exact) mass is 442 g/mol. The minimum absolute atomic E-state index is 0.146. The van der Waals surface area contributed by atoms with Gasteiger partial charge in [0.05, 0.1) is 6.21 Å². The molecule has 4 rings (SSSR count). The van der Waals surface area contributed by atoms with E-state index in [1.54, 1.807) is 12.3 Å². The number of aromatic nitrogens is 1. The van der Waals surface area contributed by atoms with Crippen LogP contribution in [0.25, 0.3) is 5.69 Å². The quantitative estimate of drug-likeness (QED) is 0.373. The number of anilines is 1. The van der Waals surface area contributed by atoms with Gasteiger partial charge in [-0.25, -0.2) is 5.43 Å². The molecule has 1 unspecified atom stereocenters. The first-order valence-corrected chi connectivity index (χ1v) is 11.8. The Labute approximate surface area is 197 Å². The summed E-state index contributed by atoms with van der Waals surface area (Å²) in [7, 11) is 0. The van der Waals surface area contributed by atoms with Gasteiger partial charge in [-0.15, -0.1) is 0 Å². The number of hydrazone groups is 1. The fourth-order valence-corrected chi connectivity index (χ4v) is 4.98. The number of benzene rings is 2. The molecule has 1 aromatic heterocycles. The van der Waals surface area contributed by atoms with Gasteiger partial charge in [0.2, 0.25) is 0 Å². The lowest BCUT2D eigenvalue weighted by Crippen LogP contribution is -2.48. The summed E-state index contributed by atoms with van der Waals surface area (Å²) in [5.74, 6) is 0.252. The standard InChI is InChI=1S/C28H34N4O/c1-6-12-32-26-15-20(2)23(17-25(26)21(3)18-28(32,4)5)19-29-30-27(33)22-10-9-11-24(16-22)31-13-7-8-14-31/h7-11,13-17,19,21H,6,12,18H2,1-5H3,(H,30,33)/b29-19+. The second-order valence-corrected chi connectivity index (χ2v) is 9.68. The average molecular weight is 443 g/mol. The van der Waals surface area contributed by atoms with Gasteiger partial charge in [-0.05, 0) is 98.7 Å². The molecule has 0 fully saturated rings. The van der Waals surface area contributed by atoms with Gasteiger partial charge >= 0.3 is 0 Å². The first-order valence-electron chi connectivity index (χ1n) is 11.8. The molecule has 33 heavy (non-hydrogen) atoms. The van der Waals surface area contributed by atoms with Crippen molar-refractivity contribution in [2.24, 2.45) is 5.10 Å². The molecule has 172 valence electrons. The maximum atomic E-state index is 12.7. The minimum atomic E-state index is -0.222. The van der Waals surface area contributed by atoms with Crippen LogP contribution in [0.1, 0.15) is 73.5 Å². The maximum absolute atomic E-state index is 12.7. The second-order valence-electron chi connectivity index (χ2n) is 9.68. The van der Waals surface area contributed by atoms with E-state index in [-0.39, 0.29) is 11.4 Å². The van der Waals surface area contributed by atoms with Crippen molar-refractivity contribution < 1.29 is 4.79 Å². The molecule has 0 aliphatic carbocycles. The van der Waals surface area contributed by atoms with E-state index in [0.29, 0.717) is 11.5 Å². The smallest absolute Gasteiger partial charge is 0.271 e. The third-order valence-corrected chi connectivity index (χ3v) is 6.60. The summed E-state index contributed by atoms with van der Waals surface area (Å²) in [5.41, 5.74) is 9.25. The largest absolute Gasteiger partial charge is 0.366 e. The van der Waals surface area contributed by atoms with Crippen LogP contribution >= 0.6 is 0 Å². The fourth-order valence-electron chi connectivity index (χ4n) is 4.98. The van der Waals surface area contributed by atoms with Crippen LogP contribution in [-0.2, 0) is 0 Å². The van der Waals surface area contributed by atoms with E-state index < -0.39 is 0 Å².